The molecule has 34 heavy (non-hydrogen) atoms. The first-order valence-corrected chi connectivity index (χ1v) is 11.5. The maximum atomic E-state index is 13.5. The molecule has 0 saturated carbocycles. The van der Waals surface area contributed by atoms with Gasteiger partial charge in [-0.2, -0.15) is 0 Å². The molecule has 1 aromatic rings. The molecule has 2 rings (SSSR count). The van der Waals surface area contributed by atoms with Crippen molar-refractivity contribution in [2.75, 3.05) is 0 Å². The maximum absolute atomic E-state index is 13.5. The monoisotopic (exact) mass is 474 g/mol. The molecular weight excluding hydrogens is 436 g/mol. The number of benzene rings is 1. The fourth-order valence-electron chi connectivity index (χ4n) is 3.71. The number of hydrogen-bond donors (Lipinski definition) is 3. The smallest absolute Gasteiger partial charge is 0.329 e. The van der Waals surface area contributed by atoms with Gasteiger partial charge in [-0.05, 0) is 43.7 Å². The Morgan fingerprint density at radius 2 is 1.68 bits per heavy atom. The average Bonchev–Trinajstić information content (AvgIpc) is 2.72. The average molecular weight is 475 g/mol. The molecule has 0 saturated heterocycles. The van der Waals surface area contributed by atoms with Gasteiger partial charge < -0.3 is 26.4 Å². The van der Waals surface area contributed by atoms with Crippen molar-refractivity contribution < 1.29 is 23.9 Å². The lowest BCUT2D eigenvalue weighted by Gasteiger charge is -2.40. The van der Waals surface area contributed by atoms with Crippen LogP contribution in [-0.2, 0) is 36.9 Å². The Morgan fingerprint density at radius 3 is 2.21 bits per heavy atom. The Bertz CT molecular complexity index is 932. The maximum Gasteiger partial charge on any atom is 0.329 e. The lowest BCUT2D eigenvalue weighted by atomic mass is 9.85. The van der Waals surface area contributed by atoms with E-state index in [1.807, 2.05) is 45.0 Å². The fraction of sp³-hybridized carbons (Fsp3) is 0.600. The summed E-state index contributed by atoms with van der Waals surface area (Å²) in [6.07, 6.45) is 0.172. The molecule has 5 N–H and O–H groups in total. The van der Waals surface area contributed by atoms with E-state index in [0.29, 0.717) is 0 Å². The molecule has 3 atom stereocenters. The summed E-state index contributed by atoms with van der Waals surface area (Å²) in [5, 5.41) is 2.70. The molecule has 9 heteroatoms. The fourth-order valence-corrected chi connectivity index (χ4v) is 3.71. The quantitative estimate of drug-likeness (QED) is 0.510. The number of ether oxygens (including phenoxy) is 1. The number of fused-ring (bicyclic) bond motifs is 1. The standard InChI is InChI=1S/C25H38N4O5/c1-24(2,3)20(27)22(32)29-14-16-10-8-7-9-15(16)13-18(29)21(31)28-17(11-12-19(26)30)23(33)34-25(4,5)6/h7-10,17-18,20H,11-14,27H2,1-6H3,(H2,26,30)(H,28,31)/t17-,18-,20+/m0/s1. The van der Waals surface area contributed by atoms with Gasteiger partial charge in [0.05, 0.1) is 6.04 Å². The third-order valence-corrected chi connectivity index (χ3v) is 5.72. The summed E-state index contributed by atoms with van der Waals surface area (Å²) in [4.78, 5) is 52.4. The van der Waals surface area contributed by atoms with Crippen LogP contribution >= 0.6 is 0 Å². The zero-order valence-electron chi connectivity index (χ0n) is 21.0. The number of nitrogens with zero attached hydrogens (tertiary/aromatic N) is 1. The molecule has 0 bridgehead atoms. The Labute approximate surface area is 201 Å². The highest BCUT2D eigenvalue weighted by molar-refractivity contribution is 5.93. The van der Waals surface area contributed by atoms with Crippen molar-refractivity contribution in [1.82, 2.24) is 10.2 Å². The van der Waals surface area contributed by atoms with Gasteiger partial charge in [0.25, 0.3) is 0 Å². The van der Waals surface area contributed by atoms with Crippen LogP contribution in [0.3, 0.4) is 0 Å². The molecule has 0 radical (unpaired) electrons. The van der Waals surface area contributed by atoms with Crippen molar-refractivity contribution in [1.29, 1.82) is 0 Å². The summed E-state index contributed by atoms with van der Waals surface area (Å²) >= 11 is 0. The van der Waals surface area contributed by atoms with Gasteiger partial charge in [0, 0.05) is 19.4 Å². The van der Waals surface area contributed by atoms with Gasteiger partial charge in [0.15, 0.2) is 0 Å². The molecule has 0 aliphatic carbocycles. The van der Waals surface area contributed by atoms with E-state index in [1.165, 1.54) is 4.90 Å². The molecule has 0 fully saturated rings. The summed E-state index contributed by atoms with van der Waals surface area (Å²) in [6, 6.07) is 4.84. The van der Waals surface area contributed by atoms with Crippen LogP contribution in [0, 0.1) is 5.41 Å². The largest absolute Gasteiger partial charge is 0.458 e. The van der Waals surface area contributed by atoms with Crippen molar-refractivity contribution >= 4 is 23.7 Å². The van der Waals surface area contributed by atoms with E-state index < -0.39 is 46.9 Å². The van der Waals surface area contributed by atoms with E-state index in [-0.39, 0.29) is 31.7 Å². The molecule has 1 aromatic carbocycles. The molecule has 3 amide bonds. The van der Waals surface area contributed by atoms with E-state index >= 15 is 0 Å². The second kappa shape index (κ2) is 10.5. The van der Waals surface area contributed by atoms with Crippen LogP contribution in [0.25, 0.3) is 0 Å². The van der Waals surface area contributed by atoms with Crippen molar-refractivity contribution in [2.45, 2.75) is 91.1 Å². The zero-order valence-corrected chi connectivity index (χ0v) is 21.0. The van der Waals surface area contributed by atoms with Crippen LogP contribution in [0.5, 0.6) is 0 Å². The minimum Gasteiger partial charge on any atom is -0.458 e. The van der Waals surface area contributed by atoms with Gasteiger partial charge >= 0.3 is 5.97 Å². The summed E-state index contributed by atoms with van der Waals surface area (Å²) in [5.74, 6) is -2.11. The van der Waals surface area contributed by atoms with Gasteiger partial charge in [0.1, 0.15) is 17.7 Å². The molecule has 9 nitrogen and oxygen atoms in total. The number of primary amides is 1. The van der Waals surface area contributed by atoms with Crippen LogP contribution in [0.2, 0.25) is 0 Å². The molecule has 0 spiro atoms. The topological polar surface area (TPSA) is 145 Å². The first-order valence-electron chi connectivity index (χ1n) is 11.5. The summed E-state index contributed by atoms with van der Waals surface area (Å²) < 4.78 is 5.43. The summed E-state index contributed by atoms with van der Waals surface area (Å²) in [6.45, 7) is 11.0. The van der Waals surface area contributed by atoms with Crippen LogP contribution in [0.1, 0.15) is 65.5 Å². The molecular formula is C25H38N4O5. The number of nitrogens with one attached hydrogen (secondary N) is 1. The number of carbonyl (C=O) groups excluding carboxylic acids is 4. The summed E-state index contributed by atoms with van der Waals surface area (Å²) in [7, 11) is 0. The normalized spacial score (nSPS) is 17.9. The van der Waals surface area contributed by atoms with Crippen molar-refractivity contribution in [3.05, 3.63) is 35.4 Å². The Hall–Kier alpha value is -2.94. The highest BCUT2D eigenvalue weighted by atomic mass is 16.6. The van der Waals surface area contributed by atoms with Crippen molar-refractivity contribution in [3.63, 3.8) is 0 Å². The predicted octanol–water partition coefficient (Wildman–Crippen LogP) is 1.41. The van der Waals surface area contributed by atoms with Crippen LogP contribution in [0.4, 0.5) is 0 Å². The van der Waals surface area contributed by atoms with E-state index in [2.05, 4.69) is 5.32 Å². The molecule has 0 unspecified atom stereocenters. The molecule has 1 aliphatic rings. The zero-order chi connectivity index (χ0) is 25.8. The van der Waals surface area contributed by atoms with Crippen LogP contribution in [-0.4, -0.2) is 52.3 Å². The number of carbonyl (C=O) groups is 4. The van der Waals surface area contributed by atoms with Crippen molar-refractivity contribution in [2.24, 2.45) is 16.9 Å². The minimum atomic E-state index is -1.08. The first-order chi connectivity index (χ1) is 15.6. The minimum absolute atomic E-state index is 0.00521. The first kappa shape index (κ1) is 27.3. The van der Waals surface area contributed by atoms with Crippen LogP contribution in [0.15, 0.2) is 24.3 Å². The Kier molecular flexibility index (Phi) is 8.47. The highest BCUT2D eigenvalue weighted by Gasteiger charge is 2.40. The highest BCUT2D eigenvalue weighted by Crippen LogP contribution is 2.27. The molecule has 1 heterocycles. The predicted molar refractivity (Wildman–Crippen MR) is 128 cm³/mol. The van der Waals surface area contributed by atoms with Gasteiger partial charge in [-0.1, -0.05) is 45.0 Å². The second-order valence-electron chi connectivity index (χ2n) is 10.9. The number of rotatable bonds is 7. The van der Waals surface area contributed by atoms with E-state index in [0.717, 1.165) is 11.1 Å². The Balaban J connectivity index is 2.34. The SMILES string of the molecule is CC(C)(C)OC(=O)[C@H](CCC(N)=O)NC(=O)[C@@H]1Cc2ccccc2CN1C(=O)[C@@H](N)C(C)(C)C. The van der Waals surface area contributed by atoms with Gasteiger partial charge in [-0.3, -0.25) is 14.4 Å². The van der Waals surface area contributed by atoms with Gasteiger partial charge in [0.2, 0.25) is 17.7 Å². The lowest BCUT2D eigenvalue weighted by molar-refractivity contribution is -0.159. The molecule has 1 aliphatic heterocycles. The van der Waals surface area contributed by atoms with Crippen molar-refractivity contribution in [3.8, 4) is 0 Å². The van der Waals surface area contributed by atoms with Gasteiger partial charge in [-0.15, -0.1) is 0 Å². The van der Waals surface area contributed by atoms with E-state index in [9.17, 15) is 19.2 Å². The lowest BCUT2D eigenvalue weighted by Crippen LogP contribution is -2.60. The molecule has 188 valence electrons. The molecule has 0 aromatic heterocycles. The van der Waals surface area contributed by atoms with E-state index in [4.69, 9.17) is 16.2 Å². The second-order valence-corrected chi connectivity index (χ2v) is 10.9. The Morgan fingerprint density at radius 1 is 1.09 bits per heavy atom. The van der Waals surface area contributed by atoms with Gasteiger partial charge in [-0.25, -0.2) is 4.79 Å². The third-order valence-electron chi connectivity index (χ3n) is 5.72. The van der Waals surface area contributed by atoms with E-state index in [1.54, 1.807) is 20.8 Å². The number of nitrogens with two attached hydrogens (primary N) is 2. The third kappa shape index (κ3) is 7.28. The number of hydrogen-bond acceptors (Lipinski definition) is 6. The van der Waals surface area contributed by atoms with Crippen LogP contribution < -0.4 is 16.8 Å². The number of esters is 1. The number of amides is 3. The summed E-state index contributed by atoms with van der Waals surface area (Å²) in [5.41, 5.74) is 12.1.